The van der Waals surface area contributed by atoms with Crippen molar-refractivity contribution in [3.05, 3.63) is 28.5 Å². The van der Waals surface area contributed by atoms with Crippen LogP contribution in [-0.4, -0.2) is 23.9 Å². The van der Waals surface area contributed by atoms with E-state index in [4.69, 9.17) is 10.5 Å². The van der Waals surface area contributed by atoms with E-state index in [1.165, 1.54) is 36.5 Å². The van der Waals surface area contributed by atoms with Gasteiger partial charge in [0.1, 0.15) is 10.6 Å². The zero-order chi connectivity index (χ0) is 16.3. The summed E-state index contributed by atoms with van der Waals surface area (Å²) in [5, 5.41) is 6.64. The maximum Gasteiger partial charge on any atom is 0.342 e. The Bertz CT molecular complexity index is 707. The first-order valence-electron chi connectivity index (χ1n) is 6.33. The Labute approximate surface area is 134 Å². The third kappa shape index (κ3) is 3.52. The first-order valence-corrected chi connectivity index (χ1v) is 8.09. The zero-order valence-corrected chi connectivity index (χ0v) is 13.5. The molecular formula is C14H14N2O4S2. The highest BCUT2D eigenvalue weighted by Gasteiger charge is 2.25. The average molecular weight is 338 g/mol. The van der Waals surface area contributed by atoms with Crippen molar-refractivity contribution < 1.29 is 19.1 Å². The Morgan fingerprint density at radius 2 is 2.05 bits per heavy atom. The van der Waals surface area contributed by atoms with Gasteiger partial charge in [0.05, 0.1) is 0 Å². The Balaban J connectivity index is 2.41. The number of thiophene rings is 2. The van der Waals surface area contributed by atoms with Gasteiger partial charge in [0.25, 0.3) is 5.91 Å². The molecule has 2 aromatic rings. The molecule has 0 aliphatic heterocycles. The van der Waals surface area contributed by atoms with Crippen LogP contribution in [0.4, 0.5) is 5.00 Å². The fourth-order valence-electron chi connectivity index (χ4n) is 1.70. The summed E-state index contributed by atoms with van der Waals surface area (Å²) in [6.45, 7) is 2.75. The van der Waals surface area contributed by atoms with E-state index < -0.39 is 18.0 Å². The van der Waals surface area contributed by atoms with Crippen LogP contribution in [0.2, 0.25) is 0 Å². The van der Waals surface area contributed by atoms with Crippen LogP contribution >= 0.6 is 22.7 Å². The number of primary amides is 1. The average Bonchev–Trinajstić information content (AvgIpc) is 3.06. The molecule has 0 bridgehead atoms. The number of carbonyl (C=O) groups excluding carboxylic acids is 3. The smallest absolute Gasteiger partial charge is 0.342 e. The van der Waals surface area contributed by atoms with Gasteiger partial charge in [-0.05, 0) is 18.4 Å². The minimum atomic E-state index is -1.05. The van der Waals surface area contributed by atoms with Crippen LogP contribution in [0.15, 0.2) is 22.9 Å². The lowest BCUT2D eigenvalue weighted by Gasteiger charge is -2.11. The number of nitrogens with two attached hydrogens (primary N) is 1. The number of nitrogens with one attached hydrogen (secondary N) is 1. The molecule has 0 saturated heterocycles. The molecule has 2 heterocycles. The Hall–Kier alpha value is -2.19. The predicted octanol–water partition coefficient (Wildman–Crippen LogP) is 2.47. The summed E-state index contributed by atoms with van der Waals surface area (Å²) < 4.78 is 5.06. The number of rotatable bonds is 5. The maximum atomic E-state index is 12.4. The van der Waals surface area contributed by atoms with Crippen molar-refractivity contribution >= 4 is 45.5 Å². The fraction of sp³-hybridized carbons (Fsp3) is 0.214. The second-order valence-electron chi connectivity index (χ2n) is 4.46. The molecule has 0 fully saturated rings. The largest absolute Gasteiger partial charge is 0.449 e. The molecule has 0 aliphatic carbocycles. The third-order valence-electron chi connectivity index (χ3n) is 2.76. The van der Waals surface area contributed by atoms with Crippen LogP contribution in [0, 0.1) is 0 Å². The van der Waals surface area contributed by atoms with Gasteiger partial charge in [-0.2, -0.15) is 0 Å². The molecule has 1 atom stereocenters. The van der Waals surface area contributed by atoms with Gasteiger partial charge in [-0.3, -0.25) is 9.59 Å². The van der Waals surface area contributed by atoms with E-state index in [0.29, 0.717) is 10.6 Å². The number of carbonyl (C=O) groups is 3. The second-order valence-corrected chi connectivity index (χ2v) is 6.29. The fourth-order valence-corrected chi connectivity index (χ4v) is 3.52. The van der Waals surface area contributed by atoms with Crippen molar-refractivity contribution in [2.75, 3.05) is 5.32 Å². The van der Waals surface area contributed by atoms with Crippen molar-refractivity contribution in [1.29, 1.82) is 0 Å². The molecule has 0 aromatic carbocycles. The minimum Gasteiger partial charge on any atom is -0.449 e. The third-order valence-corrected chi connectivity index (χ3v) is 4.55. The van der Waals surface area contributed by atoms with E-state index in [1.807, 2.05) is 17.5 Å². The molecular weight excluding hydrogens is 324 g/mol. The topological polar surface area (TPSA) is 98.5 Å². The highest BCUT2D eigenvalue weighted by molar-refractivity contribution is 7.17. The van der Waals surface area contributed by atoms with Crippen molar-refractivity contribution in [1.82, 2.24) is 0 Å². The summed E-state index contributed by atoms with van der Waals surface area (Å²) in [7, 11) is 0. The molecule has 116 valence electrons. The van der Waals surface area contributed by atoms with Crippen LogP contribution < -0.4 is 11.1 Å². The van der Waals surface area contributed by atoms with Crippen LogP contribution in [-0.2, 0) is 14.3 Å². The van der Waals surface area contributed by atoms with Gasteiger partial charge in [0, 0.05) is 22.7 Å². The van der Waals surface area contributed by atoms with Gasteiger partial charge in [0.15, 0.2) is 6.10 Å². The van der Waals surface area contributed by atoms with Gasteiger partial charge in [-0.1, -0.05) is 6.07 Å². The first-order chi connectivity index (χ1) is 10.4. The predicted molar refractivity (Wildman–Crippen MR) is 86.0 cm³/mol. The van der Waals surface area contributed by atoms with E-state index in [-0.39, 0.29) is 11.5 Å². The molecule has 0 unspecified atom stereocenters. The molecule has 6 nitrogen and oxygen atoms in total. The SMILES string of the molecule is CC(=O)Nc1scc(-c2cccs2)c1C(=O)O[C@H](C)C(N)=O. The number of amides is 2. The number of ether oxygens (including phenoxy) is 1. The quantitative estimate of drug-likeness (QED) is 0.818. The van der Waals surface area contributed by atoms with Gasteiger partial charge >= 0.3 is 5.97 Å². The monoisotopic (exact) mass is 338 g/mol. The van der Waals surface area contributed by atoms with E-state index in [1.54, 1.807) is 5.38 Å². The Morgan fingerprint density at radius 1 is 1.32 bits per heavy atom. The van der Waals surface area contributed by atoms with Crippen molar-refractivity contribution in [2.24, 2.45) is 5.73 Å². The second kappa shape index (κ2) is 6.71. The molecule has 0 spiro atoms. The summed E-state index contributed by atoms with van der Waals surface area (Å²) in [6, 6.07) is 3.72. The van der Waals surface area contributed by atoms with Crippen LogP contribution in [0.1, 0.15) is 24.2 Å². The number of hydrogen-bond acceptors (Lipinski definition) is 6. The summed E-state index contributed by atoms with van der Waals surface area (Å²) in [6.07, 6.45) is -1.05. The van der Waals surface area contributed by atoms with Gasteiger partial charge in [0.2, 0.25) is 5.91 Å². The van der Waals surface area contributed by atoms with E-state index in [0.717, 1.165) is 4.88 Å². The Morgan fingerprint density at radius 3 is 2.59 bits per heavy atom. The summed E-state index contributed by atoms with van der Waals surface area (Å²) >= 11 is 2.68. The molecule has 2 amide bonds. The lowest BCUT2D eigenvalue weighted by Crippen LogP contribution is -2.30. The van der Waals surface area contributed by atoms with Crippen LogP contribution in [0.5, 0.6) is 0 Å². The summed E-state index contributed by atoms with van der Waals surface area (Å²) in [5.74, 6) is -1.72. The molecule has 3 N–H and O–H groups in total. The summed E-state index contributed by atoms with van der Waals surface area (Å²) in [4.78, 5) is 35.6. The van der Waals surface area contributed by atoms with Crippen LogP contribution in [0.3, 0.4) is 0 Å². The summed E-state index contributed by atoms with van der Waals surface area (Å²) in [5.41, 5.74) is 6.00. The van der Waals surface area contributed by atoms with Crippen molar-refractivity contribution in [3.63, 3.8) is 0 Å². The number of hydrogen-bond donors (Lipinski definition) is 2. The molecule has 0 radical (unpaired) electrons. The number of anilines is 1. The van der Waals surface area contributed by atoms with Gasteiger partial charge in [-0.25, -0.2) is 4.79 Å². The molecule has 2 rings (SSSR count). The molecule has 2 aromatic heterocycles. The molecule has 8 heteroatoms. The van der Waals surface area contributed by atoms with Gasteiger partial charge in [-0.15, -0.1) is 22.7 Å². The van der Waals surface area contributed by atoms with Crippen molar-refractivity contribution in [3.8, 4) is 10.4 Å². The normalized spacial score (nSPS) is 11.7. The highest BCUT2D eigenvalue weighted by Crippen LogP contribution is 2.38. The van der Waals surface area contributed by atoms with Crippen LogP contribution in [0.25, 0.3) is 10.4 Å². The standard InChI is InChI=1S/C14H14N2O4S2/c1-7(12(15)18)20-14(19)11-9(10-4-3-5-21-10)6-22-13(11)16-8(2)17/h3-7H,1-2H3,(H2,15,18)(H,16,17)/t7-/m1/s1. The highest BCUT2D eigenvalue weighted by atomic mass is 32.1. The lowest BCUT2D eigenvalue weighted by atomic mass is 10.1. The first kappa shape index (κ1) is 16.2. The van der Waals surface area contributed by atoms with Gasteiger partial charge < -0.3 is 15.8 Å². The van der Waals surface area contributed by atoms with Crippen molar-refractivity contribution in [2.45, 2.75) is 20.0 Å². The Kier molecular flexibility index (Phi) is 4.94. The number of esters is 1. The van der Waals surface area contributed by atoms with E-state index in [9.17, 15) is 14.4 Å². The zero-order valence-electron chi connectivity index (χ0n) is 11.9. The maximum absolute atomic E-state index is 12.4. The lowest BCUT2D eigenvalue weighted by molar-refractivity contribution is -0.125. The van der Waals surface area contributed by atoms with E-state index >= 15 is 0 Å². The molecule has 0 aliphatic rings. The molecule has 0 saturated carbocycles. The minimum absolute atomic E-state index is 0.232. The van der Waals surface area contributed by atoms with E-state index in [2.05, 4.69) is 5.32 Å². The molecule has 22 heavy (non-hydrogen) atoms.